The highest BCUT2D eigenvalue weighted by Gasteiger charge is 2.36. The van der Waals surface area contributed by atoms with Gasteiger partial charge in [-0.25, -0.2) is 4.39 Å². The fourth-order valence-electron chi connectivity index (χ4n) is 1.84. The van der Waals surface area contributed by atoms with E-state index in [1.807, 2.05) is 0 Å². The van der Waals surface area contributed by atoms with Crippen molar-refractivity contribution in [2.45, 2.75) is 12.2 Å². The zero-order valence-corrected chi connectivity index (χ0v) is 10.1. The van der Waals surface area contributed by atoms with Gasteiger partial charge in [0, 0.05) is 6.54 Å². The molecule has 1 aromatic rings. The maximum atomic E-state index is 12.9. The smallest absolute Gasteiger partial charge is 0.378 e. The average Bonchev–Trinajstić information content (AvgIpc) is 2.29. The molecule has 0 aromatic heterocycles. The first-order valence-electron chi connectivity index (χ1n) is 5.16. The summed E-state index contributed by atoms with van der Waals surface area (Å²) < 4.78 is 56.2. The summed E-state index contributed by atoms with van der Waals surface area (Å²) in [5, 5.41) is 2.92. The number of rotatable bonds is 1. The highest BCUT2D eigenvalue weighted by atomic mass is 35.5. The SMILES string of the molecule is Cl.Fc1ccc([C@@H]2COCCN2)c(C(F)(F)F)c1. The van der Waals surface area contributed by atoms with Crippen LogP contribution < -0.4 is 5.32 Å². The predicted molar refractivity (Wildman–Crippen MR) is 60.2 cm³/mol. The second kappa shape index (κ2) is 5.86. The fourth-order valence-corrected chi connectivity index (χ4v) is 1.84. The Morgan fingerprint density at radius 1 is 1.28 bits per heavy atom. The van der Waals surface area contributed by atoms with Crippen molar-refractivity contribution in [1.29, 1.82) is 0 Å². The third-order valence-corrected chi connectivity index (χ3v) is 2.62. The molecule has 7 heteroatoms. The maximum Gasteiger partial charge on any atom is 0.416 e. The first kappa shape index (κ1) is 15.2. The lowest BCUT2D eigenvalue weighted by atomic mass is 9.99. The lowest BCUT2D eigenvalue weighted by molar-refractivity contribution is -0.138. The van der Waals surface area contributed by atoms with E-state index in [4.69, 9.17) is 4.74 Å². The topological polar surface area (TPSA) is 21.3 Å². The Hall–Kier alpha value is -0.850. The standard InChI is InChI=1S/C11H11F4NO.ClH/c12-7-1-2-8(9(5-7)11(13,14)15)10-6-17-4-3-16-10;/h1-2,5,10,16H,3-4,6H2;1H/t10-;/m0./s1. The molecular formula is C11H12ClF4NO. The molecule has 1 saturated heterocycles. The van der Waals surface area contributed by atoms with E-state index in [9.17, 15) is 17.6 Å². The quantitative estimate of drug-likeness (QED) is 0.801. The van der Waals surface area contributed by atoms with Gasteiger partial charge in [-0.15, -0.1) is 12.4 Å². The van der Waals surface area contributed by atoms with Gasteiger partial charge in [0.05, 0.1) is 24.8 Å². The predicted octanol–water partition coefficient (Wildman–Crippen LogP) is 2.93. The van der Waals surface area contributed by atoms with E-state index in [2.05, 4.69) is 5.32 Å². The van der Waals surface area contributed by atoms with Crippen molar-refractivity contribution in [2.75, 3.05) is 19.8 Å². The summed E-state index contributed by atoms with van der Waals surface area (Å²) in [4.78, 5) is 0. The minimum Gasteiger partial charge on any atom is -0.378 e. The van der Waals surface area contributed by atoms with Crippen molar-refractivity contribution in [3.05, 3.63) is 35.1 Å². The largest absolute Gasteiger partial charge is 0.416 e. The molecule has 1 aromatic carbocycles. The van der Waals surface area contributed by atoms with Crippen LogP contribution in [0, 0.1) is 5.82 Å². The number of nitrogens with one attached hydrogen (secondary N) is 1. The zero-order chi connectivity index (χ0) is 12.5. The Balaban J connectivity index is 0.00000162. The Bertz CT molecular complexity index is 405. The number of ether oxygens (including phenoxy) is 1. The summed E-state index contributed by atoms with van der Waals surface area (Å²) in [6.45, 7) is 1.12. The molecule has 102 valence electrons. The lowest BCUT2D eigenvalue weighted by Gasteiger charge is -2.26. The van der Waals surface area contributed by atoms with Crippen molar-refractivity contribution in [2.24, 2.45) is 0 Å². The van der Waals surface area contributed by atoms with E-state index in [0.29, 0.717) is 19.2 Å². The summed E-state index contributed by atoms with van der Waals surface area (Å²) in [6, 6.07) is 2.16. The number of hydrogen-bond donors (Lipinski definition) is 1. The molecule has 2 nitrogen and oxygen atoms in total. The van der Waals surface area contributed by atoms with Crippen LogP contribution in [0.1, 0.15) is 17.2 Å². The Labute approximate surface area is 108 Å². The second-order valence-corrected chi connectivity index (χ2v) is 3.81. The third-order valence-electron chi connectivity index (χ3n) is 2.62. The Morgan fingerprint density at radius 3 is 2.56 bits per heavy atom. The van der Waals surface area contributed by atoms with Gasteiger partial charge < -0.3 is 10.1 Å². The van der Waals surface area contributed by atoms with Gasteiger partial charge in [0.2, 0.25) is 0 Å². The van der Waals surface area contributed by atoms with Gasteiger partial charge in [0.25, 0.3) is 0 Å². The number of alkyl halides is 3. The molecule has 0 aliphatic carbocycles. The molecule has 0 amide bonds. The number of morpholine rings is 1. The third kappa shape index (κ3) is 3.34. The van der Waals surface area contributed by atoms with E-state index in [1.54, 1.807) is 0 Å². The lowest BCUT2D eigenvalue weighted by Crippen LogP contribution is -2.35. The summed E-state index contributed by atoms with van der Waals surface area (Å²) in [7, 11) is 0. The van der Waals surface area contributed by atoms with Gasteiger partial charge in [0.1, 0.15) is 5.82 Å². The zero-order valence-electron chi connectivity index (χ0n) is 9.26. The van der Waals surface area contributed by atoms with Gasteiger partial charge in [-0.2, -0.15) is 13.2 Å². The summed E-state index contributed by atoms with van der Waals surface area (Å²) in [6.07, 6.45) is -4.56. The molecule has 1 aliphatic rings. The van der Waals surface area contributed by atoms with E-state index < -0.39 is 23.6 Å². The first-order valence-corrected chi connectivity index (χ1v) is 5.16. The van der Waals surface area contributed by atoms with Crippen LogP contribution in [0.5, 0.6) is 0 Å². The monoisotopic (exact) mass is 285 g/mol. The van der Waals surface area contributed by atoms with Crippen LogP contribution in [0.25, 0.3) is 0 Å². The molecule has 1 atom stereocenters. The Morgan fingerprint density at radius 2 is 2.00 bits per heavy atom. The van der Waals surface area contributed by atoms with Crippen LogP contribution in [-0.4, -0.2) is 19.8 Å². The molecule has 1 N–H and O–H groups in total. The van der Waals surface area contributed by atoms with Crippen molar-refractivity contribution in [3.8, 4) is 0 Å². The molecule has 0 spiro atoms. The van der Waals surface area contributed by atoms with Crippen LogP contribution >= 0.6 is 12.4 Å². The molecule has 0 saturated carbocycles. The van der Waals surface area contributed by atoms with E-state index in [-0.39, 0.29) is 24.6 Å². The van der Waals surface area contributed by atoms with Crippen LogP contribution in [0.4, 0.5) is 17.6 Å². The van der Waals surface area contributed by atoms with E-state index >= 15 is 0 Å². The van der Waals surface area contributed by atoms with E-state index in [0.717, 1.165) is 12.1 Å². The highest BCUT2D eigenvalue weighted by molar-refractivity contribution is 5.85. The highest BCUT2D eigenvalue weighted by Crippen LogP contribution is 2.35. The van der Waals surface area contributed by atoms with Crippen LogP contribution in [-0.2, 0) is 10.9 Å². The van der Waals surface area contributed by atoms with Crippen molar-refractivity contribution in [1.82, 2.24) is 5.32 Å². The van der Waals surface area contributed by atoms with Gasteiger partial charge >= 0.3 is 6.18 Å². The average molecular weight is 286 g/mol. The summed E-state index contributed by atoms with van der Waals surface area (Å²) in [5.41, 5.74) is -0.917. The molecular weight excluding hydrogens is 274 g/mol. The summed E-state index contributed by atoms with van der Waals surface area (Å²) >= 11 is 0. The molecule has 1 aliphatic heterocycles. The summed E-state index contributed by atoms with van der Waals surface area (Å²) in [5.74, 6) is -0.891. The molecule has 0 radical (unpaired) electrons. The number of benzene rings is 1. The van der Waals surface area contributed by atoms with Crippen LogP contribution in [0.3, 0.4) is 0 Å². The number of halogens is 5. The van der Waals surface area contributed by atoms with Crippen molar-refractivity contribution < 1.29 is 22.3 Å². The minimum atomic E-state index is -4.56. The molecule has 2 rings (SSSR count). The fraction of sp³-hybridized carbons (Fsp3) is 0.455. The van der Waals surface area contributed by atoms with Gasteiger partial charge in [-0.1, -0.05) is 6.07 Å². The maximum absolute atomic E-state index is 12.9. The first-order chi connectivity index (χ1) is 7.98. The molecule has 0 unspecified atom stereocenters. The number of hydrogen-bond acceptors (Lipinski definition) is 2. The van der Waals surface area contributed by atoms with Crippen LogP contribution in [0.15, 0.2) is 18.2 Å². The van der Waals surface area contributed by atoms with Gasteiger partial charge in [0.15, 0.2) is 0 Å². The molecule has 1 fully saturated rings. The normalized spacial score (nSPS) is 20.3. The van der Waals surface area contributed by atoms with Crippen LogP contribution in [0.2, 0.25) is 0 Å². The van der Waals surface area contributed by atoms with E-state index in [1.165, 1.54) is 0 Å². The Kier molecular flexibility index (Phi) is 4.95. The molecule has 18 heavy (non-hydrogen) atoms. The van der Waals surface area contributed by atoms with Gasteiger partial charge in [-0.3, -0.25) is 0 Å². The van der Waals surface area contributed by atoms with Crippen molar-refractivity contribution >= 4 is 12.4 Å². The molecule has 1 heterocycles. The van der Waals surface area contributed by atoms with Gasteiger partial charge in [-0.05, 0) is 17.7 Å². The second-order valence-electron chi connectivity index (χ2n) is 3.81. The molecule has 0 bridgehead atoms. The van der Waals surface area contributed by atoms with Crippen molar-refractivity contribution in [3.63, 3.8) is 0 Å². The minimum absolute atomic E-state index is 0.